The van der Waals surface area contributed by atoms with Crippen LogP contribution in [0.1, 0.15) is 43.7 Å². The largest absolute Gasteiger partial charge is 0.373 e. The smallest absolute Gasteiger partial charge is 0.146 e. The first-order chi connectivity index (χ1) is 7.99. The van der Waals surface area contributed by atoms with Crippen molar-refractivity contribution in [2.45, 2.75) is 44.6 Å². The molecule has 0 spiro atoms. The molecule has 0 unspecified atom stereocenters. The fraction of sp³-hybridized carbons (Fsp3) is 0.500. The zero-order valence-corrected chi connectivity index (χ0v) is 11.0. The van der Waals surface area contributed by atoms with Crippen molar-refractivity contribution in [1.29, 1.82) is 0 Å². The van der Waals surface area contributed by atoms with Gasteiger partial charge in [-0.25, -0.2) is 4.39 Å². The van der Waals surface area contributed by atoms with Crippen molar-refractivity contribution in [2.24, 2.45) is 0 Å². The maximum Gasteiger partial charge on any atom is 0.146 e. The van der Waals surface area contributed by atoms with Crippen molar-refractivity contribution >= 4 is 22.8 Å². The Morgan fingerprint density at radius 2 is 2.06 bits per heavy atom. The normalized spacial score (nSPS) is 21.9. The molecule has 3 rings (SSSR count). The predicted octanol–water partition coefficient (Wildman–Crippen LogP) is 3.82. The molecule has 2 aliphatic rings. The van der Waals surface area contributed by atoms with Gasteiger partial charge < -0.3 is 5.32 Å². The summed E-state index contributed by atoms with van der Waals surface area (Å²) in [6.45, 7) is 4.03. The van der Waals surface area contributed by atoms with E-state index in [-0.39, 0.29) is 11.4 Å². The highest BCUT2D eigenvalue weighted by Gasteiger charge is 2.35. The van der Waals surface area contributed by atoms with Gasteiger partial charge in [-0.1, -0.05) is 18.3 Å². The van der Waals surface area contributed by atoms with E-state index < -0.39 is 0 Å². The zero-order chi connectivity index (χ0) is 12.2. The average molecular weight is 249 g/mol. The summed E-state index contributed by atoms with van der Waals surface area (Å²) in [6, 6.07) is 3.53. The number of anilines is 1. The third-order valence-corrected chi connectivity index (χ3v) is 4.44. The summed E-state index contributed by atoms with van der Waals surface area (Å²) in [5, 5.41) is 3.26. The quantitative estimate of drug-likeness (QED) is 0.759. The van der Waals surface area contributed by atoms with Crippen LogP contribution in [0.5, 0.6) is 0 Å². The van der Waals surface area contributed by atoms with E-state index in [2.05, 4.69) is 5.32 Å². The number of rotatable bonds is 1. The molecule has 1 heterocycles. The van der Waals surface area contributed by atoms with Crippen LogP contribution >= 0.6 is 12.2 Å². The summed E-state index contributed by atoms with van der Waals surface area (Å²) < 4.78 is 13.9. The van der Waals surface area contributed by atoms with E-state index in [1.54, 1.807) is 6.07 Å². The highest BCUT2D eigenvalue weighted by Crippen LogP contribution is 2.45. The molecule has 0 atom stereocenters. The first-order valence-corrected chi connectivity index (χ1v) is 6.52. The van der Waals surface area contributed by atoms with E-state index in [9.17, 15) is 4.39 Å². The van der Waals surface area contributed by atoms with Gasteiger partial charge in [-0.2, -0.15) is 0 Å². The number of benzene rings is 1. The van der Waals surface area contributed by atoms with E-state index in [0.717, 1.165) is 16.8 Å². The Balaban J connectivity index is 2.13. The minimum Gasteiger partial charge on any atom is -0.373 e. The lowest BCUT2D eigenvalue weighted by atomic mass is 9.85. The molecule has 1 aromatic rings. The van der Waals surface area contributed by atoms with Crippen molar-refractivity contribution in [3.8, 4) is 0 Å². The first-order valence-electron chi connectivity index (χ1n) is 6.12. The van der Waals surface area contributed by atoms with Gasteiger partial charge in [0.1, 0.15) is 5.82 Å². The second-order valence-electron chi connectivity index (χ2n) is 5.61. The van der Waals surface area contributed by atoms with Crippen molar-refractivity contribution in [3.05, 3.63) is 29.1 Å². The fourth-order valence-electron chi connectivity index (χ4n) is 2.50. The van der Waals surface area contributed by atoms with Crippen LogP contribution in [0.4, 0.5) is 10.1 Å². The Hall–Kier alpha value is -0.960. The lowest BCUT2D eigenvalue weighted by molar-refractivity contribution is 0.616. The van der Waals surface area contributed by atoms with Crippen LogP contribution in [0.25, 0.3) is 0 Å². The molecule has 1 N–H and O–H groups in total. The van der Waals surface area contributed by atoms with Crippen LogP contribution in [0, 0.1) is 5.82 Å². The number of thiocarbonyl (C=S) groups is 1. The second-order valence-corrected chi connectivity index (χ2v) is 6.11. The average Bonchev–Trinajstić information content (AvgIpc) is 3.05. The van der Waals surface area contributed by atoms with Crippen LogP contribution in [0.2, 0.25) is 0 Å². The Labute approximate surface area is 106 Å². The molecule has 3 heteroatoms. The van der Waals surface area contributed by atoms with Crippen LogP contribution in [-0.4, -0.2) is 10.4 Å². The minimum absolute atomic E-state index is 0.153. The number of fused-ring (bicyclic) bond motifs is 1. The third kappa shape index (κ3) is 1.77. The molecular formula is C14H16FNS. The van der Waals surface area contributed by atoms with Gasteiger partial charge in [0.2, 0.25) is 0 Å². The van der Waals surface area contributed by atoms with Gasteiger partial charge in [-0.3, -0.25) is 0 Å². The van der Waals surface area contributed by atoms with Crippen molar-refractivity contribution < 1.29 is 4.39 Å². The van der Waals surface area contributed by atoms with E-state index in [1.807, 2.05) is 19.9 Å². The number of nitrogens with one attached hydrogen (secondary N) is 1. The second kappa shape index (κ2) is 3.52. The van der Waals surface area contributed by atoms with Gasteiger partial charge in [0, 0.05) is 11.3 Å². The molecule has 1 aliphatic carbocycles. The van der Waals surface area contributed by atoms with E-state index >= 15 is 0 Å². The molecule has 1 aliphatic heterocycles. The van der Waals surface area contributed by atoms with E-state index in [4.69, 9.17) is 12.2 Å². The monoisotopic (exact) mass is 249 g/mol. The lowest BCUT2D eigenvalue weighted by Gasteiger charge is -2.36. The Kier molecular flexibility index (Phi) is 2.31. The third-order valence-electron chi connectivity index (χ3n) is 3.79. The van der Waals surface area contributed by atoms with Crippen LogP contribution < -0.4 is 5.32 Å². The number of hydrogen-bond donors (Lipinski definition) is 1. The SMILES string of the molecule is CC1(C)Nc2c(F)ccc(C3CC3)c2CC1=S. The van der Waals surface area contributed by atoms with Gasteiger partial charge in [0.15, 0.2) is 0 Å². The first kappa shape index (κ1) is 11.1. The molecular weight excluding hydrogens is 233 g/mol. The minimum atomic E-state index is -0.286. The summed E-state index contributed by atoms with van der Waals surface area (Å²) in [4.78, 5) is 0.970. The molecule has 1 nitrogen and oxygen atoms in total. The summed E-state index contributed by atoms with van der Waals surface area (Å²) in [5.74, 6) is 0.482. The topological polar surface area (TPSA) is 12.0 Å². The van der Waals surface area contributed by atoms with Crippen LogP contribution in [0.15, 0.2) is 12.1 Å². The Morgan fingerprint density at radius 3 is 2.71 bits per heavy atom. The van der Waals surface area contributed by atoms with Gasteiger partial charge in [0.05, 0.1) is 11.2 Å². The molecule has 0 amide bonds. The van der Waals surface area contributed by atoms with E-state index in [0.29, 0.717) is 11.6 Å². The molecule has 0 aromatic heterocycles. The molecule has 1 fully saturated rings. The van der Waals surface area contributed by atoms with Gasteiger partial charge in [0.25, 0.3) is 0 Å². The van der Waals surface area contributed by atoms with Crippen molar-refractivity contribution in [2.75, 3.05) is 5.32 Å². The van der Waals surface area contributed by atoms with Crippen molar-refractivity contribution in [3.63, 3.8) is 0 Å². The zero-order valence-electron chi connectivity index (χ0n) is 10.1. The number of hydrogen-bond acceptors (Lipinski definition) is 2. The maximum absolute atomic E-state index is 13.9. The summed E-state index contributed by atoms with van der Waals surface area (Å²) in [6.07, 6.45) is 3.19. The Bertz CT molecular complexity index is 503. The highest BCUT2D eigenvalue weighted by atomic mass is 32.1. The fourth-order valence-corrected chi connectivity index (χ4v) is 2.70. The van der Waals surface area contributed by atoms with E-state index in [1.165, 1.54) is 18.4 Å². The molecule has 17 heavy (non-hydrogen) atoms. The van der Waals surface area contributed by atoms with Crippen molar-refractivity contribution in [1.82, 2.24) is 0 Å². The molecule has 1 aromatic carbocycles. The molecule has 0 bridgehead atoms. The van der Waals surface area contributed by atoms with Gasteiger partial charge in [-0.05, 0) is 49.8 Å². The molecule has 1 saturated carbocycles. The predicted molar refractivity (Wildman–Crippen MR) is 72.4 cm³/mol. The lowest BCUT2D eigenvalue weighted by Crippen LogP contribution is -2.44. The standard InChI is InChI=1S/C14H16FNS/c1-14(2)12(17)7-10-9(8-3-4-8)5-6-11(15)13(10)16-14/h5-6,8,16H,3-4,7H2,1-2H3. The molecule has 0 saturated heterocycles. The van der Waals surface area contributed by atoms with Crippen LogP contribution in [-0.2, 0) is 6.42 Å². The maximum atomic E-state index is 13.9. The summed E-state index contributed by atoms with van der Waals surface area (Å²) in [5.41, 5.74) is 2.78. The summed E-state index contributed by atoms with van der Waals surface area (Å²) in [7, 11) is 0. The Morgan fingerprint density at radius 1 is 1.35 bits per heavy atom. The van der Waals surface area contributed by atoms with Gasteiger partial charge >= 0.3 is 0 Å². The highest BCUT2D eigenvalue weighted by molar-refractivity contribution is 7.80. The van der Waals surface area contributed by atoms with Crippen LogP contribution in [0.3, 0.4) is 0 Å². The molecule has 0 radical (unpaired) electrons. The summed E-state index contributed by atoms with van der Waals surface area (Å²) >= 11 is 5.44. The number of halogens is 1. The van der Waals surface area contributed by atoms with Gasteiger partial charge in [-0.15, -0.1) is 0 Å². The molecule has 90 valence electrons.